The lowest BCUT2D eigenvalue weighted by Gasteiger charge is -2.26. The SMILES string of the molecule is O=C1OCC/C=C/CC/C=C/C(=N/OCC(=O)N2CCNCC2)Cc2cc(O)cc(O)c21. The predicted molar refractivity (Wildman–Crippen MR) is 119 cm³/mol. The van der Waals surface area contributed by atoms with E-state index in [1.165, 1.54) is 6.07 Å². The molecular weight excluding hydrogens is 414 g/mol. The van der Waals surface area contributed by atoms with E-state index in [1.54, 1.807) is 11.0 Å². The summed E-state index contributed by atoms with van der Waals surface area (Å²) < 4.78 is 5.27. The van der Waals surface area contributed by atoms with Crippen LogP contribution in [0.5, 0.6) is 11.5 Å². The van der Waals surface area contributed by atoms with Crippen LogP contribution in [0.2, 0.25) is 0 Å². The Balaban J connectivity index is 1.80. The van der Waals surface area contributed by atoms with Gasteiger partial charge in [0.25, 0.3) is 5.91 Å². The molecule has 9 heteroatoms. The van der Waals surface area contributed by atoms with Crippen LogP contribution in [0.15, 0.2) is 41.6 Å². The van der Waals surface area contributed by atoms with E-state index in [1.807, 2.05) is 18.2 Å². The van der Waals surface area contributed by atoms with Gasteiger partial charge in [0.15, 0.2) is 6.61 Å². The Morgan fingerprint density at radius 1 is 1.12 bits per heavy atom. The van der Waals surface area contributed by atoms with Crippen LogP contribution in [0.25, 0.3) is 0 Å². The number of carbonyl (C=O) groups excluding carboxylic acids is 2. The van der Waals surface area contributed by atoms with Gasteiger partial charge in [-0.3, -0.25) is 4.79 Å². The van der Waals surface area contributed by atoms with Gasteiger partial charge in [-0.25, -0.2) is 4.79 Å². The van der Waals surface area contributed by atoms with Crippen molar-refractivity contribution in [3.8, 4) is 11.5 Å². The van der Waals surface area contributed by atoms with E-state index in [0.29, 0.717) is 30.8 Å². The first-order valence-electron chi connectivity index (χ1n) is 10.8. The Hall–Kier alpha value is -3.33. The number of phenolic OH excluding ortho intramolecular Hbond substituents is 2. The van der Waals surface area contributed by atoms with Gasteiger partial charge < -0.3 is 30.0 Å². The number of oxime groups is 1. The molecule has 2 aliphatic rings. The van der Waals surface area contributed by atoms with E-state index in [2.05, 4.69) is 10.5 Å². The summed E-state index contributed by atoms with van der Waals surface area (Å²) >= 11 is 0. The molecule has 1 aromatic rings. The van der Waals surface area contributed by atoms with Crippen LogP contribution in [-0.2, 0) is 20.8 Å². The molecule has 1 saturated heterocycles. The zero-order chi connectivity index (χ0) is 22.8. The summed E-state index contributed by atoms with van der Waals surface area (Å²) in [7, 11) is 0. The van der Waals surface area contributed by atoms with Crippen molar-refractivity contribution in [2.45, 2.75) is 25.7 Å². The molecular formula is C23H29N3O6. The molecule has 0 bridgehead atoms. The van der Waals surface area contributed by atoms with Crippen LogP contribution in [0.1, 0.15) is 35.2 Å². The van der Waals surface area contributed by atoms with Crippen molar-refractivity contribution in [2.75, 3.05) is 39.4 Å². The summed E-state index contributed by atoms with van der Waals surface area (Å²) in [5, 5.41) is 27.5. The minimum atomic E-state index is -0.680. The number of fused-ring (bicyclic) bond motifs is 1. The van der Waals surface area contributed by atoms with Crippen LogP contribution in [-0.4, -0.2) is 72.1 Å². The molecule has 2 aliphatic heterocycles. The Kier molecular flexibility index (Phi) is 8.68. The summed E-state index contributed by atoms with van der Waals surface area (Å²) in [6.07, 6.45) is 9.89. The normalized spacial score (nSPS) is 21.2. The third-order valence-electron chi connectivity index (χ3n) is 5.09. The lowest BCUT2D eigenvalue weighted by Crippen LogP contribution is -2.47. The van der Waals surface area contributed by atoms with E-state index in [4.69, 9.17) is 9.57 Å². The quantitative estimate of drug-likeness (QED) is 0.371. The Morgan fingerprint density at radius 3 is 2.69 bits per heavy atom. The number of amides is 1. The number of esters is 1. The van der Waals surface area contributed by atoms with Crippen LogP contribution < -0.4 is 5.32 Å². The molecule has 1 aromatic carbocycles. The molecule has 172 valence electrons. The van der Waals surface area contributed by atoms with Crippen LogP contribution in [0.3, 0.4) is 0 Å². The number of cyclic esters (lactones) is 1. The number of allylic oxidation sites excluding steroid dienone is 3. The molecule has 3 rings (SSSR count). The first kappa shape index (κ1) is 23.3. The highest BCUT2D eigenvalue weighted by Crippen LogP contribution is 2.29. The van der Waals surface area contributed by atoms with Gasteiger partial charge in [0.05, 0.1) is 12.3 Å². The highest BCUT2D eigenvalue weighted by molar-refractivity contribution is 6.00. The molecule has 3 N–H and O–H groups in total. The van der Waals surface area contributed by atoms with Gasteiger partial charge >= 0.3 is 5.97 Å². The fraction of sp³-hybridized carbons (Fsp3) is 0.435. The summed E-state index contributed by atoms with van der Waals surface area (Å²) in [6.45, 7) is 2.73. The smallest absolute Gasteiger partial charge is 0.342 e. The van der Waals surface area contributed by atoms with Crippen LogP contribution in [0, 0.1) is 0 Å². The van der Waals surface area contributed by atoms with Crippen molar-refractivity contribution in [3.05, 3.63) is 47.6 Å². The standard InChI is InChI=1S/C23H29N3O6/c27-19-14-17-13-18(25-32-16-21(29)26-10-8-24-9-11-26)7-5-3-1-2-4-6-12-31-23(30)22(17)20(28)15-19/h2,4-5,7,14-15,24,27-28H,1,3,6,8-13,16H2/b4-2+,7-5+,25-18-. The number of hydrogen-bond donors (Lipinski definition) is 3. The van der Waals surface area contributed by atoms with Crippen molar-refractivity contribution >= 4 is 17.6 Å². The number of nitrogens with one attached hydrogen (secondary N) is 1. The van der Waals surface area contributed by atoms with E-state index in [-0.39, 0.29) is 42.6 Å². The minimum Gasteiger partial charge on any atom is -0.508 e. The van der Waals surface area contributed by atoms with Crippen molar-refractivity contribution in [1.29, 1.82) is 0 Å². The fourth-order valence-electron chi connectivity index (χ4n) is 3.48. The van der Waals surface area contributed by atoms with Crippen LogP contribution >= 0.6 is 0 Å². The maximum Gasteiger partial charge on any atom is 0.342 e. The van der Waals surface area contributed by atoms with Crippen molar-refractivity contribution < 1.29 is 29.4 Å². The van der Waals surface area contributed by atoms with Crippen molar-refractivity contribution in [2.24, 2.45) is 5.16 Å². The second-order valence-electron chi connectivity index (χ2n) is 7.54. The van der Waals surface area contributed by atoms with Gasteiger partial charge in [0.1, 0.15) is 17.1 Å². The molecule has 9 nitrogen and oxygen atoms in total. The zero-order valence-corrected chi connectivity index (χ0v) is 18.0. The average molecular weight is 444 g/mol. The van der Waals surface area contributed by atoms with Crippen molar-refractivity contribution in [3.63, 3.8) is 0 Å². The maximum absolute atomic E-state index is 12.6. The first-order valence-corrected chi connectivity index (χ1v) is 10.8. The third-order valence-corrected chi connectivity index (χ3v) is 5.09. The lowest BCUT2D eigenvalue weighted by molar-refractivity contribution is -0.136. The maximum atomic E-state index is 12.6. The van der Waals surface area contributed by atoms with Gasteiger partial charge in [0.2, 0.25) is 0 Å². The summed E-state index contributed by atoms with van der Waals surface area (Å²) in [5.74, 6) is -1.38. The van der Waals surface area contributed by atoms with E-state index >= 15 is 0 Å². The molecule has 1 amide bonds. The molecule has 0 spiro atoms. The van der Waals surface area contributed by atoms with Gasteiger partial charge in [-0.05, 0) is 37.0 Å². The molecule has 2 heterocycles. The first-order chi connectivity index (χ1) is 15.5. The monoisotopic (exact) mass is 443 g/mol. The predicted octanol–water partition coefficient (Wildman–Crippen LogP) is 1.90. The van der Waals surface area contributed by atoms with E-state index in [9.17, 15) is 19.8 Å². The molecule has 0 aliphatic carbocycles. The average Bonchev–Trinajstić information content (AvgIpc) is 2.77. The molecule has 0 atom stereocenters. The fourth-order valence-corrected chi connectivity index (χ4v) is 3.48. The highest BCUT2D eigenvalue weighted by Gasteiger charge is 2.21. The number of hydrogen-bond acceptors (Lipinski definition) is 8. The largest absolute Gasteiger partial charge is 0.508 e. The molecule has 0 saturated carbocycles. The second-order valence-corrected chi connectivity index (χ2v) is 7.54. The molecule has 32 heavy (non-hydrogen) atoms. The van der Waals surface area contributed by atoms with Gasteiger partial charge in [-0.15, -0.1) is 0 Å². The van der Waals surface area contributed by atoms with Gasteiger partial charge in [-0.1, -0.05) is 23.4 Å². The second kappa shape index (κ2) is 11.9. The highest BCUT2D eigenvalue weighted by atomic mass is 16.6. The number of aromatic hydroxyl groups is 2. The molecule has 0 aromatic heterocycles. The molecule has 1 fully saturated rings. The van der Waals surface area contributed by atoms with E-state index < -0.39 is 5.97 Å². The minimum absolute atomic E-state index is 0.0261. The third kappa shape index (κ3) is 6.84. The molecule has 0 radical (unpaired) electrons. The summed E-state index contributed by atoms with van der Waals surface area (Å²) in [5.41, 5.74) is 0.764. The Morgan fingerprint density at radius 2 is 1.88 bits per heavy atom. The summed E-state index contributed by atoms with van der Waals surface area (Å²) in [6, 6.07) is 2.48. The van der Waals surface area contributed by atoms with E-state index in [0.717, 1.165) is 32.0 Å². The number of piperazine rings is 1. The number of carbonyl (C=O) groups is 2. The number of nitrogens with zero attached hydrogens (tertiary/aromatic N) is 2. The Labute approximate surface area is 187 Å². The number of ether oxygens (including phenoxy) is 1. The van der Waals surface area contributed by atoms with Crippen molar-refractivity contribution in [1.82, 2.24) is 10.2 Å². The zero-order valence-electron chi connectivity index (χ0n) is 18.0. The van der Waals surface area contributed by atoms with Gasteiger partial charge in [0, 0.05) is 38.7 Å². The topological polar surface area (TPSA) is 121 Å². The van der Waals surface area contributed by atoms with Crippen LogP contribution in [0.4, 0.5) is 0 Å². The summed E-state index contributed by atoms with van der Waals surface area (Å²) in [4.78, 5) is 31.9. The number of phenols is 2. The number of benzene rings is 1. The van der Waals surface area contributed by atoms with Gasteiger partial charge in [-0.2, -0.15) is 0 Å². The number of rotatable bonds is 3. The Bertz CT molecular complexity index is 903. The molecule has 0 unspecified atom stereocenters. The lowest BCUT2D eigenvalue weighted by atomic mass is 10.00.